The minimum absolute atomic E-state index is 0.196. The van der Waals surface area contributed by atoms with Crippen molar-refractivity contribution in [3.8, 4) is 0 Å². The summed E-state index contributed by atoms with van der Waals surface area (Å²) in [4.78, 5) is 20.9. The van der Waals surface area contributed by atoms with E-state index in [2.05, 4.69) is 20.6 Å². The first-order valence-electron chi connectivity index (χ1n) is 7.45. The van der Waals surface area contributed by atoms with Crippen molar-refractivity contribution in [3.63, 3.8) is 0 Å². The molecular formula is C18H14ClFN4O. The lowest BCUT2D eigenvalue weighted by Crippen LogP contribution is -2.15. The van der Waals surface area contributed by atoms with Crippen LogP contribution in [-0.4, -0.2) is 15.9 Å². The summed E-state index contributed by atoms with van der Waals surface area (Å²) in [5.41, 5.74) is 2.01. The molecule has 1 amide bonds. The minimum Gasteiger partial charge on any atom is -0.324 e. The van der Waals surface area contributed by atoms with E-state index in [1.54, 1.807) is 31.2 Å². The van der Waals surface area contributed by atoms with Gasteiger partial charge in [0.2, 0.25) is 5.95 Å². The molecular weight excluding hydrogens is 343 g/mol. The van der Waals surface area contributed by atoms with Crippen molar-refractivity contribution in [3.05, 3.63) is 76.8 Å². The highest BCUT2D eigenvalue weighted by molar-refractivity contribution is 6.30. The molecule has 2 aromatic carbocycles. The van der Waals surface area contributed by atoms with E-state index < -0.39 is 5.91 Å². The molecule has 3 aromatic rings. The lowest BCUT2D eigenvalue weighted by atomic mass is 10.2. The standard InChI is InChI=1S/C18H14ClFN4O/c1-11-9-16(17(25)22-14-7-5-13(20)6-8-14)24-18(21-11)23-15-4-2-3-12(19)10-15/h2-10H,1H3,(H,22,25)(H,21,23,24). The predicted molar refractivity (Wildman–Crippen MR) is 95.9 cm³/mol. The van der Waals surface area contributed by atoms with Gasteiger partial charge < -0.3 is 10.6 Å². The SMILES string of the molecule is Cc1cc(C(=O)Nc2ccc(F)cc2)nc(Nc2cccc(Cl)c2)n1. The molecule has 1 aromatic heterocycles. The van der Waals surface area contributed by atoms with Crippen molar-refractivity contribution in [2.24, 2.45) is 0 Å². The predicted octanol–water partition coefficient (Wildman–Crippen LogP) is 4.57. The van der Waals surface area contributed by atoms with Gasteiger partial charge in [-0.3, -0.25) is 4.79 Å². The number of hydrogen-bond donors (Lipinski definition) is 2. The van der Waals surface area contributed by atoms with Gasteiger partial charge in [-0.05, 0) is 55.5 Å². The van der Waals surface area contributed by atoms with E-state index in [0.717, 1.165) is 0 Å². The van der Waals surface area contributed by atoms with E-state index in [-0.39, 0.29) is 17.5 Å². The number of anilines is 3. The van der Waals surface area contributed by atoms with Gasteiger partial charge in [-0.25, -0.2) is 14.4 Å². The average Bonchev–Trinajstić information content (AvgIpc) is 2.56. The van der Waals surface area contributed by atoms with Crippen LogP contribution in [0.5, 0.6) is 0 Å². The van der Waals surface area contributed by atoms with Gasteiger partial charge in [0.25, 0.3) is 5.91 Å². The van der Waals surface area contributed by atoms with Crippen LogP contribution >= 0.6 is 11.6 Å². The van der Waals surface area contributed by atoms with Crippen molar-refractivity contribution in [2.75, 3.05) is 10.6 Å². The first-order valence-corrected chi connectivity index (χ1v) is 7.82. The third-order valence-electron chi connectivity index (χ3n) is 3.27. The lowest BCUT2D eigenvalue weighted by molar-refractivity contribution is 0.102. The highest BCUT2D eigenvalue weighted by Gasteiger charge is 2.11. The largest absolute Gasteiger partial charge is 0.324 e. The number of halogens is 2. The molecule has 0 saturated heterocycles. The Kier molecular flexibility index (Phi) is 4.90. The van der Waals surface area contributed by atoms with Crippen LogP contribution in [0.3, 0.4) is 0 Å². The van der Waals surface area contributed by atoms with Crippen molar-refractivity contribution >= 4 is 34.8 Å². The van der Waals surface area contributed by atoms with Gasteiger partial charge in [0.1, 0.15) is 11.5 Å². The number of aromatic nitrogens is 2. The van der Waals surface area contributed by atoms with Crippen LogP contribution in [0.4, 0.5) is 21.7 Å². The molecule has 0 spiro atoms. The summed E-state index contributed by atoms with van der Waals surface area (Å²) < 4.78 is 12.9. The third kappa shape index (κ3) is 4.51. The van der Waals surface area contributed by atoms with Gasteiger partial charge >= 0.3 is 0 Å². The third-order valence-corrected chi connectivity index (χ3v) is 3.50. The summed E-state index contributed by atoms with van der Waals surface area (Å²) in [7, 11) is 0. The molecule has 0 fully saturated rings. The molecule has 0 unspecified atom stereocenters. The van der Waals surface area contributed by atoms with E-state index in [9.17, 15) is 9.18 Å². The van der Waals surface area contributed by atoms with Gasteiger partial charge in [-0.2, -0.15) is 0 Å². The Morgan fingerprint density at radius 3 is 2.52 bits per heavy atom. The number of carbonyl (C=O) groups excluding carboxylic acids is 1. The molecule has 1 heterocycles. The van der Waals surface area contributed by atoms with Gasteiger partial charge in [0.15, 0.2) is 0 Å². The fourth-order valence-corrected chi connectivity index (χ4v) is 2.35. The van der Waals surface area contributed by atoms with E-state index in [1.165, 1.54) is 24.3 Å². The highest BCUT2D eigenvalue weighted by Crippen LogP contribution is 2.19. The molecule has 0 bridgehead atoms. The van der Waals surface area contributed by atoms with Crippen LogP contribution in [0.15, 0.2) is 54.6 Å². The average molecular weight is 357 g/mol. The summed E-state index contributed by atoms with van der Waals surface area (Å²) in [5, 5.41) is 6.26. The maximum absolute atomic E-state index is 12.9. The highest BCUT2D eigenvalue weighted by atomic mass is 35.5. The molecule has 3 rings (SSSR count). The second-order valence-corrected chi connectivity index (χ2v) is 5.75. The number of hydrogen-bond acceptors (Lipinski definition) is 4. The quantitative estimate of drug-likeness (QED) is 0.718. The van der Waals surface area contributed by atoms with Crippen LogP contribution in [0.1, 0.15) is 16.2 Å². The summed E-state index contributed by atoms with van der Waals surface area (Å²) >= 11 is 5.95. The first-order chi connectivity index (χ1) is 12.0. The fraction of sp³-hybridized carbons (Fsp3) is 0.0556. The number of carbonyl (C=O) groups is 1. The second kappa shape index (κ2) is 7.27. The Balaban J connectivity index is 1.80. The summed E-state index contributed by atoms with van der Waals surface area (Å²) in [6.07, 6.45) is 0. The molecule has 25 heavy (non-hydrogen) atoms. The van der Waals surface area contributed by atoms with E-state index in [0.29, 0.717) is 22.1 Å². The summed E-state index contributed by atoms with van der Waals surface area (Å²) in [5.74, 6) is -0.498. The van der Waals surface area contributed by atoms with Crippen LogP contribution in [-0.2, 0) is 0 Å². The van der Waals surface area contributed by atoms with Crippen molar-refractivity contribution in [1.82, 2.24) is 9.97 Å². The van der Waals surface area contributed by atoms with Crippen LogP contribution < -0.4 is 10.6 Å². The molecule has 2 N–H and O–H groups in total. The number of nitrogens with zero attached hydrogens (tertiary/aromatic N) is 2. The maximum atomic E-state index is 12.9. The van der Waals surface area contributed by atoms with Crippen molar-refractivity contribution < 1.29 is 9.18 Å². The van der Waals surface area contributed by atoms with Crippen LogP contribution in [0, 0.1) is 12.7 Å². The number of aryl methyl sites for hydroxylation is 1. The van der Waals surface area contributed by atoms with Gasteiger partial charge in [-0.1, -0.05) is 17.7 Å². The number of rotatable bonds is 4. The zero-order valence-electron chi connectivity index (χ0n) is 13.3. The van der Waals surface area contributed by atoms with Crippen molar-refractivity contribution in [2.45, 2.75) is 6.92 Å². The van der Waals surface area contributed by atoms with Gasteiger partial charge in [-0.15, -0.1) is 0 Å². The van der Waals surface area contributed by atoms with E-state index in [4.69, 9.17) is 11.6 Å². The smallest absolute Gasteiger partial charge is 0.274 e. The topological polar surface area (TPSA) is 66.9 Å². The van der Waals surface area contributed by atoms with E-state index in [1.807, 2.05) is 6.07 Å². The fourth-order valence-electron chi connectivity index (χ4n) is 2.16. The normalized spacial score (nSPS) is 10.4. The summed E-state index contributed by atoms with van der Waals surface area (Å²) in [6, 6.07) is 14.2. The Bertz CT molecular complexity index is 915. The molecule has 0 aliphatic rings. The molecule has 7 heteroatoms. The number of amides is 1. The minimum atomic E-state index is -0.411. The number of nitrogens with one attached hydrogen (secondary N) is 2. The Labute approximate surface area is 148 Å². The zero-order valence-corrected chi connectivity index (χ0v) is 14.0. The van der Waals surface area contributed by atoms with Gasteiger partial charge in [0.05, 0.1) is 0 Å². The molecule has 0 atom stereocenters. The van der Waals surface area contributed by atoms with Crippen molar-refractivity contribution in [1.29, 1.82) is 0 Å². The molecule has 0 saturated carbocycles. The molecule has 0 aliphatic heterocycles. The maximum Gasteiger partial charge on any atom is 0.274 e. The second-order valence-electron chi connectivity index (χ2n) is 5.31. The summed E-state index contributed by atoms with van der Waals surface area (Å²) in [6.45, 7) is 1.76. The molecule has 5 nitrogen and oxygen atoms in total. The Hall–Kier alpha value is -2.99. The Morgan fingerprint density at radius 1 is 1.04 bits per heavy atom. The monoisotopic (exact) mass is 356 g/mol. The number of benzene rings is 2. The van der Waals surface area contributed by atoms with Crippen LogP contribution in [0.25, 0.3) is 0 Å². The Morgan fingerprint density at radius 2 is 1.80 bits per heavy atom. The van der Waals surface area contributed by atoms with Gasteiger partial charge in [0, 0.05) is 22.1 Å². The first kappa shape index (κ1) is 16.9. The van der Waals surface area contributed by atoms with Crippen LogP contribution in [0.2, 0.25) is 5.02 Å². The zero-order chi connectivity index (χ0) is 17.8. The lowest BCUT2D eigenvalue weighted by Gasteiger charge is -2.09. The molecule has 0 aliphatic carbocycles. The molecule has 126 valence electrons. The molecule has 0 radical (unpaired) electrons. The van der Waals surface area contributed by atoms with E-state index >= 15 is 0 Å².